The zero-order valence-corrected chi connectivity index (χ0v) is 12.5. The summed E-state index contributed by atoms with van der Waals surface area (Å²) in [5, 5.41) is 3.09. The van der Waals surface area contributed by atoms with Gasteiger partial charge in [-0.2, -0.15) is 0 Å². The number of nitrogens with zero attached hydrogens (tertiary/aromatic N) is 1. The van der Waals surface area contributed by atoms with Gasteiger partial charge in [-0.25, -0.2) is 0 Å². The molecule has 0 fully saturated rings. The molecule has 3 aromatic rings. The molecule has 4 nitrogen and oxygen atoms in total. The zero-order chi connectivity index (χ0) is 14.7. The zero-order valence-electron chi connectivity index (χ0n) is 11.7. The first-order chi connectivity index (χ1) is 10.2. The van der Waals surface area contributed by atoms with Crippen molar-refractivity contribution in [3.8, 4) is 5.75 Å². The van der Waals surface area contributed by atoms with Crippen LogP contribution < -0.4 is 4.74 Å². The largest absolute Gasteiger partial charge is 0.484 e. The lowest BCUT2D eigenvalue weighted by Crippen LogP contribution is -2.30. The van der Waals surface area contributed by atoms with Crippen LogP contribution in [0.15, 0.2) is 48.0 Å². The van der Waals surface area contributed by atoms with Gasteiger partial charge in [0.1, 0.15) is 5.75 Å². The Balaban J connectivity index is 1.57. The number of thiophene rings is 1. The van der Waals surface area contributed by atoms with Crippen LogP contribution in [-0.2, 0) is 11.3 Å². The first kappa shape index (κ1) is 13.7. The van der Waals surface area contributed by atoms with Crippen LogP contribution >= 0.6 is 11.3 Å². The Hall–Kier alpha value is -2.27. The molecule has 0 spiro atoms. The van der Waals surface area contributed by atoms with Crippen molar-refractivity contribution in [3.63, 3.8) is 0 Å². The minimum atomic E-state index is -0.0300. The summed E-state index contributed by atoms with van der Waals surface area (Å²) < 4.78 is 5.58. The lowest BCUT2D eigenvalue weighted by molar-refractivity contribution is -0.132. The Bertz CT molecular complexity index is 734. The van der Waals surface area contributed by atoms with E-state index >= 15 is 0 Å². The minimum absolute atomic E-state index is 0.0300. The summed E-state index contributed by atoms with van der Waals surface area (Å²) in [6.07, 6.45) is 1.88. The van der Waals surface area contributed by atoms with E-state index in [1.807, 2.05) is 48.0 Å². The van der Waals surface area contributed by atoms with Gasteiger partial charge in [0.2, 0.25) is 0 Å². The first-order valence-corrected chi connectivity index (χ1v) is 7.56. The summed E-state index contributed by atoms with van der Waals surface area (Å²) in [5.74, 6) is 0.678. The number of hydrogen-bond acceptors (Lipinski definition) is 3. The lowest BCUT2D eigenvalue weighted by Gasteiger charge is -2.16. The van der Waals surface area contributed by atoms with Crippen LogP contribution in [0.5, 0.6) is 5.75 Å². The normalized spacial score (nSPS) is 10.7. The van der Waals surface area contributed by atoms with Gasteiger partial charge < -0.3 is 14.6 Å². The van der Waals surface area contributed by atoms with Gasteiger partial charge in [0.15, 0.2) is 6.61 Å². The third-order valence-corrected chi connectivity index (χ3v) is 4.15. The second kappa shape index (κ2) is 6.01. The standard InChI is InChI=1S/C16H16N2O2S/c1-18(10-14-3-2-8-21-14)16(19)11-20-13-4-5-15-12(9-13)6-7-17-15/h2-9,17H,10-11H2,1H3. The third-order valence-electron chi connectivity index (χ3n) is 3.29. The number of fused-ring (bicyclic) bond motifs is 1. The highest BCUT2D eigenvalue weighted by Gasteiger charge is 2.11. The number of amides is 1. The van der Waals surface area contributed by atoms with Crippen molar-refractivity contribution in [3.05, 3.63) is 52.9 Å². The highest BCUT2D eigenvalue weighted by molar-refractivity contribution is 7.09. The number of H-pyrrole nitrogens is 1. The Morgan fingerprint density at radius 3 is 3.05 bits per heavy atom. The molecule has 0 aliphatic heterocycles. The number of carbonyl (C=O) groups excluding carboxylic acids is 1. The number of ether oxygens (including phenoxy) is 1. The summed E-state index contributed by atoms with van der Waals surface area (Å²) in [4.78, 5) is 18.0. The molecule has 21 heavy (non-hydrogen) atoms. The average Bonchev–Trinajstić information content (AvgIpc) is 3.14. The summed E-state index contributed by atoms with van der Waals surface area (Å²) in [6, 6.07) is 11.7. The molecule has 3 rings (SSSR count). The molecule has 0 saturated carbocycles. The van der Waals surface area contributed by atoms with Gasteiger partial charge in [0.25, 0.3) is 5.91 Å². The second-order valence-corrected chi connectivity index (χ2v) is 5.88. The van der Waals surface area contributed by atoms with E-state index in [0.29, 0.717) is 12.3 Å². The number of benzene rings is 1. The van der Waals surface area contributed by atoms with E-state index in [0.717, 1.165) is 10.9 Å². The monoisotopic (exact) mass is 300 g/mol. The first-order valence-electron chi connectivity index (χ1n) is 6.68. The maximum Gasteiger partial charge on any atom is 0.260 e. The predicted octanol–water partition coefficient (Wildman–Crippen LogP) is 3.27. The molecule has 0 radical (unpaired) electrons. The van der Waals surface area contributed by atoms with E-state index in [1.54, 1.807) is 23.3 Å². The molecule has 1 amide bonds. The number of rotatable bonds is 5. The molecular formula is C16H16N2O2S. The van der Waals surface area contributed by atoms with Crippen molar-refractivity contribution in [1.82, 2.24) is 9.88 Å². The predicted molar refractivity (Wildman–Crippen MR) is 84.6 cm³/mol. The van der Waals surface area contributed by atoms with Gasteiger partial charge in [-0.3, -0.25) is 4.79 Å². The molecule has 2 aromatic heterocycles. The van der Waals surface area contributed by atoms with E-state index in [-0.39, 0.29) is 12.5 Å². The van der Waals surface area contributed by atoms with Crippen molar-refractivity contribution in [1.29, 1.82) is 0 Å². The van der Waals surface area contributed by atoms with Crippen molar-refractivity contribution in [2.24, 2.45) is 0 Å². The summed E-state index contributed by atoms with van der Waals surface area (Å²) in [7, 11) is 1.79. The van der Waals surface area contributed by atoms with E-state index in [2.05, 4.69) is 4.98 Å². The Labute approximate surface area is 127 Å². The van der Waals surface area contributed by atoms with Crippen molar-refractivity contribution in [2.75, 3.05) is 13.7 Å². The Kier molecular flexibility index (Phi) is 3.92. The number of likely N-dealkylation sites (N-methyl/N-ethyl adjacent to an activating group) is 1. The SMILES string of the molecule is CN(Cc1cccs1)C(=O)COc1ccc2[nH]ccc2c1. The molecule has 0 aliphatic rings. The van der Waals surface area contributed by atoms with Crippen LogP contribution in [0, 0.1) is 0 Å². The molecule has 0 aliphatic carbocycles. The summed E-state index contributed by atoms with van der Waals surface area (Å²) >= 11 is 1.65. The minimum Gasteiger partial charge on any atom is -0.484 e. The Morgan fingerprint density at radius 2 is 2.24 bits per heavy atom. The smallest absolute Gasteiger partial charge is 0.260 e. The second-order valence-electron chi connectivity index (χ2n) is 4.84. The van der Waals surface area contributed by atoms with Crippen LogP contribution in [0.4, 0.5) is 0 Å². The number of nitrogens with one attached hydrogen (secondary N) is 1. The number of aromatic nitrogens is 1. The van der Waals surface area contributed by atoms with Gasteiger partial charge in [0.05, 0.1) is 6.54 Å². The molecule has 108 valence electrons. The number of aromatic amines is 1. The fraction of sp³-hybridized carbons (Fsp3) is 0.188. The molecule has 0 atom stereocenters. The van der Waals surface area contributed by atoms with E-state index in [9.17, 15) is 4.79 Å². The maximum absolute atomic E-state index is 12.1. The highest BCUT2D eigenvalue weighted by Crippen LogP contribution is 2.19. The molecule has 0 unspecified atom stereocenters. The fourth-order valence-electron chi connectivity index (χ4n) is 2.10. The highest BCUT2D eigenvalue weighted by atomic mass is 32.1. The third kappa shape index (κ3) is 3.25. The van der Waals surface area contributed by atoms with E-state index in [4.69, 9.17) is 4.74 Å². The number of hydrogen-bond donors (Lipinski definition) is 1. The molecule has 1 N–H and O–H groups in total. The molecule has 0 bridgehead atoms. The molecular weight excluding hydrogens is 284 g/mol. The van der Waals surface area contributed by atoms with Gasteiger partial charge in [-0.15, -0.1) is 11.3 Å². The quantitative estimate of drug-likeness (QED) is 0.786. The van der Waals surface area contributed by atoms with Crippen LogP contribution in [0.1, 0.15) is 4.88 Å². The van der Waals surface area contributed by atoms with Crippen molar-refractivity contribution in [2.45, 2.75) is 6.54 Å². The Morgan fingerprint density at radius 1 is 1.33 bits per heavy atom. The van der Waals surface area contributed by atoms with Gasteiger partial charge >= 0.3 is 0 Å². The van der Waals surface area contributed by atoms with E-state index in [1.165, 1.54) is 4.88 Å². The van der Waals surface area contributed by atoms with Crippen LogP contribution in [0.2, 0.25) is 0 Å². The van der Waals surface area contributed by atoms with Gasteiger partial charge in [-0.05, 0) is 35.7 Å². The van der Waals surface area contributed by atoms with Gasteiger partial charge in [-0.1, -0.05) is 6.07 Å². The van der Waals surface area contributed by atoms with Crippen molar-refractivity contribution < 1.29 is 9.53 Å². The molecule has 5 heteroatoms. The average molecular weight is 300 g/mol. The summed E-state index contributed by atoms with van der Waals surface area (Å²) in [5.41, 5.74) is 1.06. The molecule has 2 heterocycles. The molecule has 1 aromatic carbocycles. The van der Waals surface area contributed by atoms with E-state index < -0.39 is 0 Å². The maximum atomic E-state index is 12.1. The van der Waals surface area contributed by atoms with Crippen LogP contribution in [0.25, 0.3) is 10.9 Å². The van der Waals surface area contributed by atoms with Crippen LogP contribution in [0.3, 0.4) is 0 Å². The lowest BCUT2D eigenvalue weighted by atomic mass is 10.2. The molecule has 0 saturated heterocycles. The van der Waals surface area contributed by atoms with Crippen molar-refractivity contribution >= 4 is 28.1 Å². The van der Waals surface area contributed by atoms with Crippen LogP contribution in [-0.4, -0.2) is 29.4 Å². The topological polar surface area (TPSA) is 45.3 Å². The number of carbonyl (C=O) groups is 1. The summed E-state index contributed by atoms with van der Waals surface area (Å²) in [6.45, 7) is 0.675. The fourth-order valence-corrected chi connectivity index (χ4v) is 2.86. The van der Waals surface area contributed by atoms with Gasteiger partial charge in [0, 0.05) is 29.0 Å².